The number of likely N-dealkylation sites (tertiary alicyclic amines) is 1. The fourth-order valence-corrected chi connectivity index (χ4v) is 1.94. The lowest BCUT2D eigenvalue weighted by Gasteiger charge is -2.11. The van der Waals surface area contributed by atoms with Gasteiger partial charge < -0.3 is 5.32 Å². The fraction of sp³-hybridized carbons (Fsp3) is 0.273. The van der Waals surface area contributed by atoms with Gasteiger partial charge in [-0.25, -0.2) is 9.50 Å². The van der Waals surface area contributed by atoms with Gasteiger partial charge >= 0.3 is 0 Å². The van der Waals surface area contributed by atoms with Crippen LogP contribution in [0.4, 0.5) is 5.82 Å². The van der Waals surface area contributed by atoms with Gasteiger partial charge in [-0.3, -0.25) is 14.5 Å². The third-order valence-corrected chi connectivity index (χ3v) is 2.96. The predicted molar refractivity (Wildman–Crippen MR) is 62.8 cm³/mol. The number of rotatable bonds is 2. The van der Waals surface area contributed by atoms with Crippen molar-refractivity contribution in [2.45, 2.75) is 12.5 Å². The lowest BCUT2D eigenvalue weighted by atomic mass is 10.2. The van der Waals surface area contributed by atoms with Crippen LogP contribution in [-0.2, 0) is 9.59 Å². The lowest BCUT2D eigenvalue weighted by molar-refractivity contribution is -0.136. The van der Waals surface area contributed by atoms with Crippen LogP contribution in [0.5, 0.6) is 0 Å². The molecule has 2 aromatic heterocycles. The van der Waals surface area contributed by atoms with Gasteiger partial charge in [-0.15, -0.1) is 0 Å². The van der Waals surface area contributed by atoms with E-state index in [9.17, 15) is 9.59 Å². The molecule has 0 aliphatic carbocycles. The third kappa shape index (κ3) is 1.60. The van der Waals surface area contributed by atoms with Crippen molar-refractivity contribution in [2.75, 3.05) is 12.4 Å². The maximum absolute atomic E-state index is 11.7. The highest BCUT2D eigenvalue weighted by Gasteiger charge is 2.36. The first-order valence-corrected chi connectivity index (χ1v) is 5.52. The second-order valence-corrected chi connectivity index (χ2v) is 4.14. The number of amides is 2. The van der Waals surface area contributed by atoms with Crippen LogP contribution in [0, 0.1) is 0 Å². The van der Waals surface area contributed by atoms with Crippen LogP contribution in [0.3, 0.4) is 0 Å². The first-order valence-electron chi connectivity index (χ1n) is 5.52. The lowest BCUT2D eigenvalue weighted by Crippen LogP contribution is -2.32. The number of aromatic nitrogens is 3. The predicted octanol–water partition coefficient (Wildman–Crippen LogP) is -0.102. The van der Waals surface area contributed by atoms with Gasteiger partial charge in [-0.05, 0) is 6.07 Å². The van der Waals surface area contributed by atoms with E-state index in [2.05, 4.69) is 15.4 Å². The molecule has 7 heteroatoms. The number of imide groups is 1. The molecular weight excluding hydrogens is 234 g/mol. The van der Waals surface area contributed by atoms with Crippen LogP contribution in [0.1, 0.15) is 6.42 Å². The van der Waals surface area contributed by atoms with Crippen LogP contribution in [0.25, 0.3) is 5.65 Å². The number of likely N-dealkylation sites (N-methyl/N-ethyl adjacent to an activating group) is 1. The number of carbonyl (C=O) groups excluding carboxylic acids is 2. The molecule has 1 N–H and O–H groups in total. The summed E-state index contributed by atoms with van der Waals surface area (Å²) in [5, 5.41) is 7.00. The zero-order valence-corrected chi connectivity index (χ0v) is 9.70. The van der Waals surface area contributed by atoms with Crippen LogP contribution < -0.4 is 5.32 Å². The number of anilines is 1. The summed E-state index contributed by atoms with van der Waals surface area (Å²) < 4.78 is 1.62. The van der Waals surface area contributed by atoms with E-state index in [0.717, 1.165) is 4.90 Å². The molecule has 3 rings (SSSR count). The highest BCUT2D eigenvalue weighted by molar-refractivity contribution is 6.06. The van der Waals surface area contributed by atoms with Gasteiger partial charge in [-0.1, -0.05) is 0 Å². The van der Waals surface area contributed by atoms with Gasteiger partial charge in [-0.2, -0.15) is 5.10 Å². The molecule has 0 bridgehead atoms. The summed E-state index contributed by atoms with van der Waals surface area (Å²) in [5.74, 6) is 0.155. The number of nitrogens with zero attached hydrogens (tertiary/aromatic N) is 4. The van der Waals surface area contributed by atoms with Gasteiger partial charge in [0, 0.05) is 19.3 Å². The average Bonchev–Trinajstić information content (AvgIpc) is 2.91. The number of fused-ring (bicyclic) bond motifs is 1. The largest absolute Gasteiger partial charge is 0.358 e. The fourth-order valence-electron chi connectivity index (χ4n) is 1.94. The van der Waals surface area contributed by atoms with E-state index >= 15 is 0 Å². The van der Waals surface area contributed by atoms with Crippen LogP contribution in [0.15, 0.2) is 24.5 Å². The minimum absolute atomic E-state index is 0.168. The Morgan fingerprint density at radius 3 is 2.94 bits per heavy atom. The summed E-state index contributed by atoms with van der Waals surface area (Å²) in [7, 11) is 1.49. The molecule has 0 saturated carbocycles. The van der Waals surface area contributed by atoms with Crippen molar-refractivity contribution in [3.05, 3.63) is 24.5 Å². The number of hydrogen-bond acceptors (Lipinski definition) is 5. The van der Waals surface area contributed by atoms with Crippen LogP contribution >= 0.6 is 0 Å². The molecule has 1 aliphatic rings. The maximum Gasteiger partial charge on any atom is 0.251 e. The smallest absolute Gasteiger partial charge is 0.251 e. The second kappa shape index (κ2) is 3.80. The van der Waals surface area contributed by atoms with Crippen LogP contribution in [-0.4, -0.2) is 44.4 Å². The number of carbonyl (C=O) groups is 2. The topological polar surface area (TPSA) is 79.6 Å². The molecule has 7 nitrogen and oxygen atoms in total. The summed E-state index contributed by atoms with van der Waals surface area (Å²) in [5.41, 5.74) is 0.685. The summed E-state index contributed by atoms with van der Waals surface area (Å²) in [6.45, 7) is 0. The Morgan fingerprint density at radius 2 is 2.22 bits per heavy atom. The molecule has 1 unspecified atom stereocenters. The van der Waals surface area contributed by atoms with E-state index in [0.29, 0.717) is 11.5 Å². The monoisotopic (exact) mass is 245 g/mol. The van der Waals surface area contributed by atoms with Crippen molar-refractivity contribution in [3.63, 3.8) is 0 Å². The van der Waals surface area contributed by atoms with E-state index < -0.39 is 6.04 Å². The summed E-state index contributed by atoms with van der Waals surface area (Å²) in [4.78, 5) is 28.5. The molecule has 92 valence electrons. The van der Waals surface area contributed by atoms with Crippen molar-refractivity contribution in [1.29, 1.82) is 0 Å². The highest BCUT2D eigenvalue weighted by Crippen LogP contribution is 2.16. The summed E-state index contributed by atoms with van der Waals surface area (Å²) in [6, 6.07) is 2.95. The molecule has 18 heavy (non-hydrogen) atoms. The Balaban J connectivity index is 1.84. The van der Waals surface area contributed by atoms with E-state index in [1.165, 1.54) is 7.05 Å². The van der Waals surface area contributed by atoms with Crippen molar-refractivity contribution in [3.8, 4) is 0 Å². The standard InChI is InChI=1S/C11H11N5O2/c1-15-10(17)6-7(11(15)18)13-8-3-5-16-9(14-8)2-4-12-16/h2-5,7H,6H2,1H3,(H,13,14). The maximum atomic E-state index is 11.7. The SMILES string of the molecule is CN1C(=O)CC(Nc2ccn3nccc3n2)C1=O. The van der Waals surface area contributed by atoms with Crippen molar-refractivity contribution < 1.29 is 9.59 Å². The van der Waals surface area contributed by atoms with Gasteiger partial charge in [0.05, 0.1) is 12.6 Å². The molecule has 1 aliphatic heterocycles. The minimum Gasteiger partial charge on any atom is -0.358 e. The van der Waals surface area contributed by atoms with E-state index in [-0.39, 0.29) is 18.2 Å². The Morgan fingerprint density at radius 1 is 1.39 bits per heavy atom. The van der Waals surface area contributed by atoms with E-state index in [1.807, 2.05) is 0 Å². The van der Waals surface area contributed by atoms with Gasteiger partial charge in [0.15, 0.2) is 5.65 Å². The first kappa shape index (κ1) is 10.7. The van der Waals surface area contributed by atoms with Gasteiger partial charge in [0.25, 0.3) is 5.91 Å². The first-order chi connectivity index (χ1) is 8.65. The molecule has 1 fully saturated rings. The molecule has 1 atom stereocenters. The molecule has 2 aromatic rings. The Bertz CT molecular complexity index is 635. The van der Waals surface area contributed by atoms with E-state index in [1.54, 1.807) is 29.0 Å². The third-order valence-electron chi connectivity index (χ3n) is 2.96. The highest BCUT2D eigenvalue weighted by atomic mass is 16.2. The van der Waals surface area contributed by atoms with Crippen molar-refractivity contribution in [1.82, 2.24) is 19.5 Å². The van der Waals surface area contributed by atoms with Gasteiger partial charge in [0.1, 0.15) is 11.9 Å². The quantitative estimate of drug-likeness (QED) is 0.747. The molecule has 3 heterocycles. The molecular formula is C11H11N5O2. The zero-order valence-electron chi connectivity index (χ0n) is 9.70. The Kier molecular flexibility index (Phi) is 2.26. The second-order valence-electron chi connectivity index (χ2n) is 4.14. The number of nitrogens with one attached hydrogen (secondary N) is 1. The van der Waals surface area contributed by atoms with Gasteiger partial charge in [0.2, 0.25) is 5.91 Å². The van der Waals surface area contributed by atoms with Crippen LogP contribution in [0.2, 0.25) is 0 Å². The summed E-state index contributed by atoms with van der Waals surface area (Å²) >= 11 is 0. The number of hydrogen-bond donors (Lipinski definition) is 1. The van der Waals surface area contributed by atoms with Crippen molar-refractivity contribution in [2.24, 2.45) is 0 Å². The normalized spacial score (nSPS) is 19.8. The minimum atomic E-state index is -0.527. The molecule has 0 spiro atoms. The molecule has 0 aromatic carbocycles. The van der Waals surface area contributed by atoms with Crippen molar-refractivity contribution >= 4 is 23.3 Å². The molecule has 0 radical (unpaired) electrons. The zero-order chi connectivity index (χ0) is 12.7. The average molecular weight is 245 g/mol. The molecule has 1 saturated heterocycles. The Hall–Kier alpha value is -2.44. The van der Waals surface area contributed by atoms with E-state index in [4.69, 9.17) is 0 Å². The molecule has 2 amide bonds. The Labute approximate surface area is 102 Å². The summed E-state index contributed by atoms with van der Waals surface area (Å²) in [6.07, 6.45) is 3.56.